The number of carbonyl (C=O) groups excluding carboxylic acids is 1. The number of nitriles is 1. The Morgan fingerprint density at radius 3 is 2.34 bits per heavy atom. The van der Waals surface area contributed by atoms with E-state index in [1.165, 1.54) is 0 Å². The lowest BCUT2D eigenvalue weighted by atomic mass is 10.1. The molecule has 0 atom stereocenters. The Morgan fingerprint density at radius 1 is 0.906 bits per heavy atom. The maximum Gasteiger partial charge on any atom is 0.255 e. The van der Waals surface area contributed by atoms with E-state index in [9.17, 15) is 4.79 Å². The highest BCUT2D eigenvalue weighted by Gasteiger charge is 2.20. The standard InChI is InChI=1S/C24H21N7O/c1-29-8-10-30(11-9-29)24(32)19-6-7-20(26-13-19)21-16-31-22(14-28-23(31)15-27-21)18-4-2-17(12-25)3-5-18/h2-7,13-16H,8-11H2,1H3. The van der Waals surface area contributed by atoms with Gasteiger partial charge in [0.05, 0.1) is 41.0 Å². The predicted octanol–water partition coefficient (Wildman–Crippen LogP) is 2.72. The van der Waals surface area contributed by atoms with Gasteiger partial charge in [-0.3, -0.25) is 14.2 Å². The van der Waals surface area contributed by atoms with Crippen LogP contribution in [0.1, 0.15) is 15.9 Å². The van der Waals surface area contributed by atoms with E-state index >= 15 is 0 Å². The lowest BCUT2D eigenvalue weighted by molar-refractivity contribution is 0.0663. The Hall–Kier alpha value is -4.09. The number of likely N-dealkylation sites (N-methyl/N-ethyl adjacent to an activating group) is 1. The van der Waals surface area contributed by atoms with Crippen LogP contribution in [0.4, 0.5) is 0 Å². The second kappa shape index (κ2) is 8.21. The number of piperazine rings is 1. The zero-order chi connectivity index (χ0) is 22.1. The molecule has 8 heteroatoms. The number of hydrogen-bond acceptors (Lipinski definition) is 6. The lowest BCUT2D eigenvalue weighted by Crippen LogP contribution is -2.47. The van der Waals surface area contributed by atoms with Crippen LogP contribution in [0.3, 0.4) is 0 Å². The van der Waals surface area contributed by atoms with Gasteiger partial charge in [-0.1, -0.05) is 12.1 Å². The summed E-state index contributed by atoms with van der Waals surface area (Å²) in [6.45, 7) is 3.23. The summed E-state index contributed by atoms with van der Waals surface area (Å²) in [6, 6.07) is 13.1. The van der Waals surface area contributed by atoms with Gasteiger partial charge in [0, 0.05) is 44.1 Å². The molecule has 8 nitrogen and oxygen atoms in total. The van der Waals surface area contributed by atoms with Gasteiger partial charge in [0.15, 0.2) is 5.65 Å². The highest BCUT2D eigenvalue weighted by Crippen LogP contribution is 2.23. The van der Waals surface area contributed by atoms with E-state index in [4.69, 9.17) is 5.26 Å². The monoisotopic (exact) mass is 423 g/mol. The van der Waals surface area contributed by atoms with Crippen LogP contribution in [0.2, 0.25) is 0 Å². The van der Waals surface area contributed by atoms with Gasteiger partial charge in [0.2, 0.25) is 0 Å². The fourth-order valence-corrected chi connectivity index (χ4v) is 3.81. The zero-order valence-corrected chi connectivity index (χ0v) is 17.6. The van der Waals surface area contributed by atoms with Crippen molar-refractivity contribution in [3.05, 3.63) is 72.3 Å². The van der Waals surface area contributed by atoms with Crippen LogP contribution in [0.5, 0.6) is 0 Å². The molecule has 0 unspecified atom stereocenters. The molecule has 0 bridgehead atoms. The highest BCUT2D eigenvalue weighted by molar-refractivity contribution is 5.94. The number of carbonyl (C=O) groups is 1. The van der Waals surface area contributed by atoms with Crippen molar-refractivity contribution >= 4 is 11.6 Å². The fourth-order valence-electron chi connectivity index (χ4n) is 3.81. The normalized spacial score (nSPS) is 14.4. The third-order valence-corrected chi connectivity index (χ3v) is 5.77. The van der Waals surface area contributed by atoms with E-state index in [-0.39, 0.29) is 5.91 Å². The maximum absolute atomic E-state index is 12.8. The Bertz CT molecular complexity index is 1310. The average Bonchev–Trinajstić information content (AvgIpc) is 3.27. The van der Waals surface area contributed by atoms with Gasteiger partial charge < -0.3 is 9.80 Å². The van der Waals surface area contributed by atoms with Crippen molar-refractivity contribution in [1.82, 2.24) is 29.2 Å². The Morgan fingerprint density at radius 2 is 1.66 bits per heavy atom. The van der Waals surface area contributed by atoms with Crippen molar-refractivity contribution in [3.63, 3.8) is 0 Å². The molecular formula is C24H21N7O. The van der Waals surface area contributed by atoms with Crippen LogP contribution in [0, 0.1) is 11.3 Å². The summed E-state index contributed by atoms with van der Waals surface area (Å²) in [7, 11) is 2.06. The number of hydrogen-bond donors (Lipinski definition) is 0. The molecule has 1 saturated heterocycles. The Kier molecular flexibility index (Phi) is 5.09. The highest BCUT2D eigenvalue weighted by atomic mass is 16.2. The zero-order valence-electron chi connectivity index (χ0n) is 17.6. The first-order valence-electron chi connectivity index (χ1n) is 10.4. The molecule has 0 N–H and O–H groups in total. The van der Waals surface area contributed by atoms with Crippen molar-refractivity contribution in [2.45, 2.75) is 0 Å². The number of imidazole rings is 1. The second-order valence-corrected chi connectivity index (χ2v) is 7.86. The number of rotatable bonds is 3. The van der Waals surface area contributed by atoms with Crippen LogP contribution < -0.4 is 0 Å². The third kappa shape index (κ3) is 3.70. The van der Waals surface area contributed by atoms with Gasteiger partial charge >= 0.3 is 0 Å². The summed E-state index contributed by atoms with van der Waals surface area (Å²) in [5.74, 6) is 0.0123. The number of benzene rings is 1. The first-order valence-corrected chi connectivity index (χ1v) is 10.4. The van der Waals surface area contributed by atoms with Crippen molar-refractivity contribution in [3.8, 4) is 28.7 Å². The largest absolute Gasteiger partial charge is 0.336 e. The van der Waals surface area contributed by atoms with Gasteiger partial charge in [-0.25, -0.2) is 9.97 Å². The minimum atomic E-state index is 0.0123. The molecule has 4 heterocycles. The van der Waals surface area contributed by atoms with E-state index < -0.39 is 0 Å². The molecule has 1 fully saturated rings. The summed E-state index contributed by atoms with van der Waals surface area (Å²) in [5.41, 5.74) is 5.13. The molecule has 1 aliphatic heterocycles. The topological polar surface area (TPSA) is 90.4 Å². The molecule has 5 rings (SSSR count). The van der Waals surface area contributed by atoms with Crippen LogP contribution in [0.15, 0.2) is 61.2 Å². The number of amides is 1. The molecule has 158 valence electrons. The van der Waals surface area contributed by atoms with Crippen molar-refractivity contribution < 1.29 is 4.79 Å². The Labute approximate surface area is 185 Å². The van der Waals surface area contributed by atoms with E-state index in [2.05, 4.69) is 33.0 Å². The first-order chi connectivity index (χ1) is 15.6. The van der Waals surface area contributed by atoms with Gasteiger partial charge in [0.1, 0.15) is 5.69 Å². The summed E-state index contributed by atoms with van der Waals surface area (Å²) < 4.78 is 1.95. The molecule has 1 aliphatic rings. The molecule has 32 heavy (non-hydrogen) atoms. The number of nitrogens with zero attached hydrogens (tertiary/aromatic N) is 7. The minimum absolute atomic E-state index is 0.0123. The molecule has 0 saturated carbocycles. The van der Waals surface area contributed by atoms with Gasteiger partial charge in [0.25, 0.3) is 5.91 Å². The quantitative estimate of drug-likeness (QED) is 0.503. The maximum atomic E-state index is 12.8. The van der Waals surface area contributed by atoms with Crippen molar-refractivity contribution in [2.24, 2.45) is 0 Å². The molecule has 0 aliphatic carbocycles. The summed E-state index contributed by atoms with van der Waals surface area (Å²) in [5, 5.41) is 9.02. The molecule has 4 aromatic rings. The first kappa shape index (κ1) is 19.8. The predicted molar refractivity (Wildman–Crippen MR) is 120 cm³/mol. The van der Waals surface area contributed by atoms with E-state index in [1.54, 1.807) is 30.7 Å². The summed E-state index contributed by atoms with van der Waals surface area (Å²) >= 11 is 0. The second-order valence-electron chi connectivity index (χ2n) is 7.86. The average molecular weight is 423 g/mol. The Balaban J connectivity index is 1.42. The molecule has 1 amide bonds. The molecule has 3 aromatic heterocycles. The van der Waals surface area contributed by atoms with Crippen LogP contribution >= 0.6 is 0 Å². The van der Waals surface area contributed by atoms with Gasteiger partial charge in [-0.15, -0.1) is 0 Å². The van der Waals surface area contributed by atoms with Crippen molar-refractivity contribution in [2.75, 3.05) is 33.2 Å². The summed E-state index contributed by atoms with van der Waals surface area (Å²) in [4.78, 5) is 30.3. The molecular weight excluding hydrogens is 402 g/mol. The van der Waals surface area contributed by atoms with E-state index in [0.29, 0.717) is 22.5 Å². The SMILES string of the molecule is CN1CCN(C(=O)c2ccc(-c3cn4c(-c5ccc(C#N)cc5)cnc4cn3)nc2)CC1. The van der Waals surface area contributed by atoms with Gasteiger partial charge in [-0.2, -0.15) is 5.26 Å². The summed E-state index contributed by atoms with van der Waals surface area (Å²) in [6.07, 6.45) is 7.00. The number of fused-ring (bicyclic) bond motifs is 1. The lowest BCUT2D eigenvalue weighted by Gasteiger charge is -2.32. The molecule has 0 spiro atoms. The van der Waals surface area contributed by atoms with Crippen LogP contribution in [-0.2, 0) is 0 Å². The van der Waals surface area contributed by atoms with E-state index in [0.717, 1.165) is 43.1 Å². The molecule has 1 aromatic carbocycles. The van der Waals surface area contributed by atoms with E-state index in [1.807, 2.05) is 39.8 Å². The van der Waals surface area contributed by atoms with Crippen LogP contribution in [0.25, 0.3) is 28.3 Å². The molecule has 0 radical (unpaired) electrons. The van der Waals surface area contributed by atoms with Gasteiger partial charge in [-0.05, 0) is 31.3 Å². The number of aromatic nitrogens is 4. The van der Waals surface area contributed by atoms with Crippen LogP contribution in [-0.4, -0.2) is 68.3 Å². The number of pyridine rings is 1. The smallest absolute Gasteiger partial charge is 0.255 e. The third-order valence-electron chi connectivity index (χ3n) is 5.77. The van der Waals surface area contributed by atoms with Crippen molar-refractivity contribution in [1.29, 1.82) is 5.26 Å². The minimum Gasteiger partial charge on any atom is -0.336 e. The fraction of sp³-hybridized carbons (Fsp3) is 0.208.